The maximum Gasteiger partial charge on any atom is 2.00 e. The Hall–Kier alpha value is 0.714. The second-order valence-corrected chi connectivity index (χ2v) is 7.06. The first-order valence-corrected chi connectivity index (χ1v) is 9.41. The second kappa shape index (κ2) is 29.5. The molecule has 0 spiro atoms. The average Bonchev–Trinajstić information content (AvgIpc) is 2.45. The molecule has 0 heterocycles. The molecule has 0 atom stereocenters. The fourth-order valence-corrected chi connectivity index (χ4v) is 2.03. The van der Waals surface area contributed by atoms with Gasteiger partial charge in [0.05, 0.1) is 0 Å². The quantitative estimate of drug-likeness (QED) is 0.223. The molecular weight excluding hydrogens is 431 g/mol. The Morgan fingerprint density at radius 1 is 0.720 bits per heavy atom. The van der Waals surface area contributed by atoms with Crippen molar-refractivity contribution in [3.63, 3.8) is 0 Å². The fourth-order valence-electron chi connectivity index (χ4n) is 1.48. The zero-order chi connectivity index (χ0) is 16.7. The van der Waals surface area contributed by atoms with E-state index in [9.17, 15) is 0 Å². The molecule has 0 saturated carbocycles. The van der Waals surface area contributed by atoms with E-state index in [1.54, 1.807) is 0 Å². The SMILES string of the molecule is C.C.C.CCCCN(C)C(=S)[S-].CCCCN(CCCC)C(=S)[S-].[Ni+2]. The molecule has 0 radical (unpaired) electrons. The first-order chi connectivity index (χ1) is 9.90. The number of hydrogen-bond acceptors (Lipinski definition) is 4. The van der Waals surface area contributed by atoms with Crippen LogP contribution in [-0.2, 0) is 41.7 Å². The summed E-state index contributed by atoms with van der Waals surface area (Å²) in [4.78, 5) is 4.06. The number of hydrogen-bond donors (Lipinski definition) is 0. The Balaban J connectivity index is -0.0000000639. The van der Waals surface area contributed by atoms with Crippen LogP contribution in [0.3, 0.4) is 0 Å². The van der Waals surface area contributed by atoms with Crippen molar-refractivity contribution in [1.29, 1.82) is 0 Å². The summed E-state index contributed by atoms with van der Waals surface area (Å²) < 4.78 is 1.21. The van der Waals surface area contributed by atoms with E-state index in [4.69, 9.17) is 49.7 Å². The molecule has 0 rings (SSSR count). The summed E-state index contributed by atoms with van der Waals surface area (Å²) in [6, 6.07) is 0. The molecule has 0 bridgehead atoms. The Labute approximate surface area is 192 Å². The minimum atomic E-state index is 0. The molecule has 0 aliphatic heterocycles. The molecule has 0 aliphatic carbocycles. The van der Waals surface area contributed by atoms with Crippen LogP contribution in [0.4, 0.5) is 0 Å². The standard InChI is InChI=1S/C9H19NS2.C6H13NS2.3CH4.Ni/c1-3-5-7-10(9(11)12)8-6-4-2;1-3-4-5-7(2)6(8)9;;;;/h3-8H2,1-2H3,(H,11,12);3-5H2,1-2H3,(H,8,9);3*1H4;/q;;;;;+2/p-2. The molecule has 0 N–H and O–H groups in total. The van der Waals surface area contributed by atoms with Gasteiger partial charge in [-0.05, 0) is 19.3 Å². The summed E-state index contributed by atoms with van der Waals surface area (Å²) in [5, 5.41) is 0. The maximum atomic E-state index is 4.98. The van der Waals surface area contributed by atoms with Gasteiger partial charge in [0.2, 0.25) is 0 Å². The van der Waals surface area contributed by atoms with Crippen LogP contribution in [0.15, 0.2) is 0 Å². The number of unbranched alkanes of at least 4 members (excludes halogenated alkanes) is 3. The van der Waals surface area contributed by atoms with Gasteiger partial charge in [0.25, 0.3) is 0 Å². The van der Waals surface area contributed by atoms with Crippen LogP contribution in [-0.4, -0.2) is 45.1 Å². The van der Waals surface area contributed by atoms with Crippen molar-refractivity contribution in [2.75, 3.05) is 26.7 Å². The third-order valence-corrected chi connectivity index (χ3v) is 4.12. The van der Waals surface area contributed by atoms with E-state index in [0.717, 1.165) is 19.6 Å². The van der Waals surface area contributed by atoms with Gasteiger partial charge in [0.1, 0.15) is 0 Å². The van der Waals surface area contributed by atoms with Crippen LogP contribution in [0.2, 0.25) is 0 Å². The van der Waals surface area contributed by atoms with Gasteiger partial charge in [-0.25, -0.2) is 0 Å². The van der Waals surface area contributed by atoms with E-state index in [1.165, 1.54) is 38.5 Å². The van der Waals surface area contributed by atoms with Crippen LogP contribution in [0.5, 0.6) is 0 Å². The van der Waals surface area contributed by atoms with Crippen molar-refractivity contribution >= 4 is 58.3 Å². The Morgan fingerprint density at radius 3 is 1.28 bits per heavy atom. The van der Waals surface area contributed by atoms with E-state index in [0.29, 0.717) is 8.64 Å². The second-order valence-electron chi connectivity index (χ2n) is 5.00. The van der Waals surface area contributed by atoms with Crippen LogP contribution >= 0.6 is 24.4 Å². The van der Waals surface area contributed by atoms with E-state index in [-0.39, 0.29) is 38.8 Å². The van der Waals surface area contributed by atoms with Crippen molar-refractivity contribution in [2.45, 2.75) is 81.6 Å². The van der Waals surface area contributed by atoms with Crippen molar-refractivity contribution in [1.82, 2.24) is 9.80 Å². The Bertz CT molecular complexity index is 272. The molecule has 0 aromatic heterocycles. The number of thiocarbonyl (C=S) groups is 2. The summed E-state index contributed by atoms with van der Waals surface area (Å²) in [7, 11) is 1.94. The molecular formula is C18H42N2NiS4. The number of nitrogens with zero attached hydrogens (tertiary/aromatic N) is 2. The minimum Gasteiger partial charge on any atom is -0.411 e. The molecule has 0 amide bonds. The van der Waals surface area contributed by atoms with Gasteiger partial charge >= 0.3 is 16.5 Å². The third-order valence-electron chi connectivity index (χ3n) is 2.98. The van der Waals surface area contributed by atoms with E-state index in [2.05, 4.69) is 25.7 Å². The molecule has 0 aromatic rings. The first-order valence-electron chi connectivity index (χ1n) is 7.78. The maximum absolute atomic E-state index is 4.98. The summed E-state index contributed by atoms with van der Waals surface area (Å²) in [6.07, 6.45) is 7.18. The van der Waals surface area contributed by atoms with Gasteiger partial charge in [-0.2, -0.15) is 0 Å². The van der Waals surface area contributed by atoms with E-state index < -0.39 is 0 Å². The topological polar surface area (TPSA) is 6.48 Å². The van der Waals surface area contributed by atoms with E-state index in [1.807, 2.05) is 11.9 Å². The van der Waals surface area contributed by atoms with Gasteiger partial charge in [-0.1, -0.05) is 71.0 Å². The summed E-state index contributed by atoms with van der Waals surface area (Å²) in [6.45, 7) is 9.60. The minimum absolute atomic E-state index is 0. The zero-order valence-electron chi connectivity index (χ0n) is 14.2. The molecule has 0 fully saturated rings. The molecule has 0 aromatic carbocycles. The third kappa shape index (κ3) is 29.7. The van der Waals surface area contributed by atoms with Crippen LogP contribution in [0, 0.1) is 0 Å². The van der Waals surface area contributed by atoms with Crippen LogP contribution in [0.25, 0.3) is 0 Å². The molecule has 158 valence electrons. The van der Waals surface area contributed by atoms with Gasteiger partial charge in [-0.15, -0.1) is 0 Å². The largest absolute Gasteiger partial charge is 2.00 e. The Morgan fingerprint density at radius 2 is 1.04 bits per heavy atom. The number of rotatable bonds is 9. The predicted molar refractivity (Wildman–Crippen MR) is 129 cm³/mol. The molecule has 0 unspecified atom stereocenters. The monoisotopic (exact) mass is 472 g/mol. The molecule has 2 nitrogen and oxygen atoms in total. The summed E-state index contributed by atoms with van der Waals surface area (Å²) in [5.41, 5.74) is 0. The molecule has 0 aliphatic rings. The van der Waals surface area contributed by atoms with Crippen molar-refractivity contribution in [2.24, 2.45) is 0 Å². The zero-order valence-corrected chi connectivity index (χ0v) is 18.5. The molecule has 7 heteroatoms. The van der Waals surface area contributed by atoms with Crippen molar-refractivity contribution in [3.8, 4) is 0 Å². The summed E-state index contributed by atoms with van der Waals surface area (Å²) >= 11 is 19.5. The van der Waals surface area contributed by atoms with Crippen LogP contribution in [0.1, 0.15) is 81.6 Å². The van der Waals surface area contributed by atoms with Gasteiger partial charge in [-0.3, -0.25) is 0 Å². The van der Waals surface area contributed by atoms with Crippen molar-refractivity contribution < 1.29 is 16.5 Å². The van der Waals surface area contributed by atoms with Gasteiger partial charge in [0.15, 0.2) is 0 Å². The van der Waals surface area contributed by atoms with Crippen LogP contribution < -0.4 is 0 Å². The van der Waals surface area contributed by atoms with E-state index >= 15 is 0 Å². The molecule has 0 saturated heterocycles. The predicted octanol–water partition coefficient (Wildman–Crippen LogP) is 6.18. The smallest absolute Gasteiger partial charge is 0.411 e. The normalized spacial score (nSPS) is 8.00. The first kappa shape index (κ1) is 40.4. The fraction of sp³-hybridized carbons (Fsp3) is 0.889. The van der Waals surface area contributed by atoms with Gasteiger partial charge in [0, 0.05) is 26.7 Å². The summed E-state index contributed by atoms with van der Waals surface area (Å²) in [5.74, 6) is 0. The molecule has 25 heavy (non-hydrogen) atoms. The van der Waals surface area contributed by atoms with Gasteiger partial charge < -0.3 is 59.5 Å². The average molecular weight is 474 g/mol. The Kier molecular flexibility index (Phi) is 47.6. The van der Waals surface area contributed by atoms with Crippen molar-refractivity contribution in [3.05, 3.63) is 0 Å².